The standard InChI is InChI=1S/C31H42N6O6/c32-12-17-42-18-19-43-21-28(38)34-14-13-33-25-7-8-26-27(20-25)35-23-37(30(26)40)22-31(41)10-15-36(16-11-31)29(39)9-6-24-4-2-1-3-5-24/h1-5,7-8,20,23,33,41H,6,9-19,21-22,32H2,(H,34,38). The van der Waals surface area contributed by atoms with E-state index in [4.69, 9.17) is 15.2 Å². The summed E-state index contributed by atoms with van der Waals surface area (Å²) in [6.45, 7) is 3.48. The van der Waals surface area contributed by atoms with Crippen LogP contribution in [-0.4, -0.2) is 96.1 Å². The predicted octanol–water partition coefficient (Wildman–Crippen LogP) is 0.903. The van der Waals surface area contributed by atoms with Crippen molar-refractivity contribution in [3.63, 3.8) is 0 Å². The number of fused-ring (bicyclic) bond motifs is 1. The maximum atomic E-state index is 13.2. The van der Waals surface area contributed by atoms with Crippen LogP contribution in [0, 0.1) is 0 Å². The Morgan fingerprint density at radius 1 is 1.02 bits per heavy atom. The van der Waals surface area contributed by atoms with Crippen molar-refractivity contribution in [2.45, 2.75) is 37.8 Å². The van der Waals surface area contributed by atoms with Crippen molar-refractivity contribution in [2.24, 2.45) is 5.73 Å². The highest BCUT2D eigenvalue weighted by Gasteiger charge is 2.34. The van der Waals surface area contributed by atoms with E-state index in [9.17, 15) is 19.5 Å². The fraction of sp³-hybridized carbons (Fsp3) is 0.484. The fourth-order valence-electron chi connectivity index (χ4n) is 5.01. The predicted molar refractivity (Wildman–Crippen MR) is 164 cm³/mol. The van der Waals surface area contributed by atoms with Crippen LogP contribution in [0.2, 0.25) is 0 Å². The minimum atomic E-state index is -1.09. The number of ether oxygens (including phenoxy) is 2. The first-order valence-corrected chi connectivity index (χ1v) is 14.8. The van der Waals surface area contributed by atoms with Crippen LogP contribution >= 0.6 is 0 Å². The van der Waals surface area contributed by atoms with Gasteiger partial charge in [0.25, 0.3) is 5.56 Å². The maximum Gasteiger partial charge on any atom is 0.261 e. The highest BCUT2D eigenvalue weighted by atomic mass is 16.5. The first kappa shape index (κ1) is 32.1. The zero-order valence-electron chi connectivity index (χ0n) is 24.5. The van der Waals surface area contributed by atoms with Crippen molar-refractivity contribution in [2.75, 3.05) is 64.5 Å². The smallest absolute Gasteiger partial charge is 0.261 e. The van der Waals surface area contributed by atoms with E-state index < -0.39 is 5.60 Å². The minimum Gasteiger partial charge on any atom is -0.388 e. The summed E-state index contributed by atoms with van der Waals surface area (Å²) in [5.74, 6) is -0.139. The Kier molecular flexibility index (Phi) is 12.0. The Morgan fingerprint density at radius 2 is 1.79 bits per heavy atom. The monoisotopic (exact) mass is 594 g/mol. The molecular weight excluding hydrogens is 552 g/mol. The van der Waals surface area contributed by atoms with Gasteiger partial charge in [0.05, 0.1) is 49.2 Å². The van der Waals surface area contributed by atoms with Gasteiger partial charge in [-0.2, -0.15) is 0 Å². The lowest BCUT2D eigenvalue weighted by atomic mass is 9.91. The number of anilines is 1. The number of amides is 2. The van der Waals surface area contributed by atoms with E-state index in [0.29, 0.717) is 89.1 Å². The van der Waals surface area contributed by atoms with Crippen LogP contribution in [0.4, 0.5) is 5.69 Å². The molecule has 4 rings (SSSR count). The molecule has 0 spiro atoms. The number of carbonyl (C=O) groups is 2. The molecule has 5 N–H and O–H groups in total. The van der Waals surface area contributed by atoms with Crippen molar-refractivity contribution < 1.29 is 24.2 Å². The topological polar surface area (TPSA) is 161 Å². The van der Waals surface area contributed by atoms with E-state index in [1.807, 2.05) is 30.3 Å². The van der Waals surface area contributed by atoms with E-state index >= 15 is 0 Å². The fourth-order valence-corrected chi connectivity index (χ4v) is 5.01. The summed E-state index contributed by atoms with van der Waals surface area (Å²) in [7, 11) is 0. The molecule has 0 saturated carbocycles. The summed E-state index contributed by atoms with van der Waals surface area (Å²) in [5.41, 5.74) is 6.44. The SMILES string of the molecule is NCCOCCOCC(=O)NCCNc1ccc2c(=O)n(CC3(O)CCN(C(=O)CCc4ccccc4)CC3)cnc2c1. The minimum absolute atomic E-state index is 0.0432. The summed E-state index contributed by atoms with van der Waals surface area (Å²) in [6.07, 6.45) is 3.37. The number of likely N-dealkylation sites (tertiary alicyclic amines) is 1. The number of benzene rings is 2. The van der Waals surface area contributed by atoms with Gasteiger partial charge in [-0.15, -0.1) is 0 Å². The third-order valence-electron chi connectivity index (χ3n) is 7.45. The molecule has 0 atom stereocenters. The second-order valence-electron chi connectivity index (χ2n) is 10.7. The highest BCUT2D eigenvalue weighted by molar-refractivity contribution is 5.81. The van der Waals surface area contributed by atoms with E-state index in [0.717, 1.165) is 11.3 Å². The Hall–Kier alpha value is -3.84. The first-order valence-electron chi connectivity index (χ1n) is 14.8. The molecule has 12 heteroatoms. The molecule has 3 aromatic rings. The number of aryl methyl sites for hydroxylation is 1. The van der Waals surface area contributed by atoms with Crippen molar-refractivity contribution in [1.29, 1.82) is 0 Å². The van der Waals surface area contributed by atoms with Gasteiger partial charge in [0, 0.05) is 44.8 Å². The Labute approximate surface area is 251 Å². The van der Waals surface area contributed by atoms with Gasteiger partial charge in [-0.1, -0.05) is 30.3 Å². The molecular formula is C31H42N6O6. The molecule has 2 aromatic carbocycles. The Morgan fingerprint density at radius 3 is 2.56 bits per heavy atom. The maximum absolute atomic E-state index is 13.2. The molecule has 232 valence electrons. The molecule has 0 aliphatic carbocycles. The molecule has 1 fully saturated rings. The molecule has 0 bridgehead atoms. The van der Waals surface area contributed by atoms with Crippen LogP contribution in [0.1, 0.15) is 24.8 Å². The number of nitrogens with two attached hydrogens (primary N) is 1. The van der Waals surface area contributed by atoms with Crippen molar-refractivity contribution in [1.82, 2.24) is 19.8 Å². The Balaban J connectivity index is 1.21. The molecule has 2 amide bonds. The van der Waals surface area contributed by atoms with Gasteiger partial charge in [-0.3, -0.25) is 19.0 Å². The first-order chi connectivity index (χ1) is 20.9. The highest BCUT2D eigenvalue weighted by Crippen LogP contribution is 2.25. The summed E-state index contributed by atoms with van der Waals surface area (Å²) in [6, 6.07) is 15.2. The normalized spacial score (nSPS) is 14.5. The quantitative estimate of drug-likeness (QED) is 0.177. The molecule has 1 aliphatic rings. The number of rotatable bonds is 16. The number of nitrogens with one attached hydrogen (secondary N) is 2. The second-order valence-corrected chi connectivity index (χ2v) is 10.7. The molecule has 0 radical (unpaired) electrons. The number of nitrogens with zero attached hydrogens (tertiary/aromatic N) is 3. The summed E-state index contributed by atoms with van der Waals surface area (Å²) in [5, 5.41) is 17.7. The largest absolute Gasteiger partial charge is 0.388 e. The van der Waals surface area contributed by atoms with Crippen LogP contribution < -0.4 is 21.9 Å². The third-order valence-corrected chi connectivity index (χ3v) is 7.45. The van der Waals surface area contributed by atoms with Gasteiger partial charge >= 0.3 is 0 Å². The molecule has 12 nitrogen and oxygen atoms in total. The van der Waals surface area contributed by atoms with Gasteiger partial charge in [-0.05, 0) is 43.0 Å². The van der Waals surface area contributed by atoms with Gasteiger partial charge < -0.3 is 35.8 Å². The van der Waals surface area contributed by atoms with E-state index in [2.05, 4.69) is 15.6 Å². The number of hydrogen-bond acceptors (Lipinski definition) is 9. The number of piperidine rings is 1. The molecule has 1 saturated heterocycles. The van der Waals surface area contributed by atoms with Crippen LogP contribution in [-0.2, 0) is 32.0 Å². The molecule has 1 aliphatic heterocycles. The lowest BCUT2D eigenvalue weighted by Crippen LogP contribution is -2.49. The van der Waals surface area contributed by atoms with Crippen molar-refractivity contribution in [3.8, 4) is 0 Å². The molecule has 0 unspecified atom stereocenters. The van der Waals surface area contributed by atoms with Crippen LogP contribution in [0.25, 0.3) is 10.9 Å². The summed E-state index contributed by atoms with van der Waals surface area (Å²) in [4.78, 5) is 44.0. The van der Waals surface area contributed by atoms with Gasteiger partial charge in [0.1, 0.15) is 6.61 Å². The lowest BCUT2D eigenvalue weighted by Gasteiger charge is -2.38. The van der Waals surface area contributed by atoms with Crippen molar-refractivity contribution >= 4 is 28.4 Å². The van der Waals surface area contributed by atoms with E-state index in [1.165, 1.54) is 10.9 Å². The third kappa shape index (κ3) is 9.85. The van der Waals surface area contributed by atoms with Gasteiger partial charge in [-0.25, -0.2) is 4.98 Å². The zero-order chi connectivity index (χ0) is 30.5. The second kappa shape index (κ2) is 16.1. The zero-order valence-corrected chi connectivity index (χ0v) is 24.5. The molecule has 1 aromatic heterocycles. The lowest BCUT2D eigenvalue weighted by molar-refractivity contribution is -0.135. The molecule has 43 heavy (non-hydrogen) atoms. The van der Waals surface area contributed by atoms with Gasteiger partial charge in [0.15, 0.2) is 0 Å². The summed E-state index contributed by atoms with van der Waals surface area (Å²) >= 11 is 0. The van der Waals surface area contributed by atoms with Crippen LogP contribution in [0.15, 0.2) is 59.7 Å². The Bertz CT molecular complexity index is 1390. The number of aromatic nitrogens is 2. The average molecular weight is 595 g/mol. The van der Waals surface area contributed by atoms with E-state index in [1.54, 1.807) is 23.1 Å². The molecule has 2 heterocycles. The van der Waals surface area contributed by atoms with Crippen LogP contribution in [0.5, 0.6) is 0 Å². The number of carbonyl (C=O) groups excluding carboxylic acids is 2. The average Bonchev–Trinajstić information content (AvgIpc) is 3.02. The van der Waals surface area contributed by atoms with Crippen molar-refractivity contribution in [3.05, 3.63) is 70.8 Å². The van der Waals surface area contributed by atoms with Crippen LogP contribution in [0.3, 0.4) is 0 Å². The summed E-state index contributed by atoms with van der Waals surface area (Å²) < 4.78 is 11.9. The number of aliphatic hydroxyl groups is 1. The van der Waals surface area contributed by atoms with E-state index in [-0.39, 0.29) is 30.5 Å². The van der Waals surface area contributed by atoms with Gasteiger partial charge in [0.2, 0.25) is 11.8 Å². The number of hydrogen-bond donors (Lipinski definition) is 4.